The van der Waals surface area contributed by atoms with Gasteiger partial charge in [-0.25, -0.2) is 9.48 Å². The molecule has 1 aromatic heterocycles. The van der Waals surface area contributed by atoms with Crippen LogP contribution in [0.4, 0.5) is 0 Å². The number of hydrogen-bond acceptors (Lipinski definition) is 5. The van der Waals surface area contributed by atoms with E-state index >= 15 is 0 Å². The van der Waals surface area contributed by atoms with E-state index in [9.17, 15) is 4.79 Å². The van der Waals surface area contributed by atoms with E-state index in [1.807, 2.05) is 0 Å². The molecular formula is C14H9ClN4O2. The molecule has 0 saturated heterocycles. The molecule has 0 spiro atoms. The molecule has 0 aliphatic carbocycles. The van der Waals surface area contributed by atoms with Crippen LogP contribution in [0.15, 0.2) is 54.9 Å². The van der Waals surface area contributed by atoms with E-state index < -0.39 is 5.97 Å². The van der Waals surface area contributed by atoms with E-state index in [0.29, 0.717) is 16.3 Å². The number of benzene rings is 2. The third-order valence-electron chi connectivity index (χ3n) is 2.72. The topological polar surface area (TPSA) is 69.9 Å². The second-order valence-corrected chi connectivity index (χ2v) is 4.58. The van der Waals surface area contributed by atoms with Crippen LogP contribution in [0.3, 0.4) is 0 Å². The van der Waals surface area contributed by atoms with Crippen molar-refractivity contribution in [3.63, 3.8) is 0 Å². The summed E-state index contributed by atoms with van der Waals surface area (Å²) in [6.45, 7) is 0. The summed E-state index contributed by atoms with van der Waals surface area (Å²) in [7, 11) is 0. The van der Waals surface area contributed by atoms with Gasteiger partial charge in [-0.05, 0) is 52.9 Å². The van der Waals surface area contributed by atoms with Gasteiger partial charge in [0, 0.05) is 5.02 Å². The molecule has 0 bridgehead atoms. The fraction of sp³-hybridized carbons (Fsp3) is 0. The summed E-state index contributed by atoms with van der Waals surface area (Å²) in [5.41, 5.74) is 1.16. The first kappa shape index (κ1) is 13.3. The lowest BCUT2D eigenvalue weighted by Gasteiger charge is -2.05. The van der Waals surface area contributed by atoms with Crippen LogP contribution in [0.1, 0.15) is 10.4 Å². The predicted molar refractivity (Wildman–Crippen MR) is 75.6 cm³/mol. The minimum atomic E-state index is -0.465. The van der Waals surface area contributed by atoms with Gasteiger partial charge in [-0.15, -0.1) is 5.10 Å². The first-order valence-electron chi connectivity index (χ1n) is 6.03. The van der Waals surface area contributed by atoms with E-state index in [0.717, 1.165) is 5.69 Å². The maximum absolute atomic E-state index is 12.0. The van der Waals surface area contributed by atoms with Gasteiger partial charge < -0.3 is 4.74 Å². The second-order valence-electron chi connectivity index (χ2n) is 4.15. The van der Waals surface area contributed by atoms with Crippen LogP contribution < -0.4 is 4.74 Å². The summed E-state index contributed by atoms with van der Waals surface area (Å²) >= 11 is 5.84. The molecule has 2 aromatic carbocycles. The van der Waals surface area contributed by atoms with Crippen molar-refractivity contribution in [2.24, 2.45) is 0 Å². The van der Waals surface area contributed by atoms with Crippen LogP contribution in [0.2, 0.25) is 5.02 Å². The number of ether oxygens (including phenoxy) is 1. The maximum atomic E-state index is 12.0. The zero-order valence-electron chi connectivity index (χ0n) is 10.7. The van der Waals surface area contributed by atoms with Gasteiger partial charge >= 0.3 is 5.97 Å². The molecule has 0 fully saturated rings. The van der Waals surface area contributed by atoms with Crippen molar-refractivity contribution in [3.8, 4) is 11.4 Å². The highest BCUT2D eigenvalue weighted by Gasteiger charge is 2.09. The summed E-state index contributed by atoms with van der Waals surface area (Å²) in [4.78, 5) is 12.0. The number of nitrogens with zero attached hydrogens (tertiary/aromatic N) is 4. The first-order chi connectivity index (χ1) is 10.2. The highest BCUT2D eigenvalue weighted by molar-refractivity contribution is 6.30. The molecule has 0 N–H and O–H groups in total. The standard InChI is InChI=1S/C14H9ClN4O2/c15-11-3-1-2-10(8-11)14(20)21-13-6-4-12(5-7-13)19-9-16-17-18-19/h1-9H. The highest BCUT2D eigenvalue weighted by Crippen LogP contribution is 2.17. The second kappa shape index (κ2) is 5.72. The predicted octanol–water partition coefficient (Wildman–Crippen LogP) is 2.53. The lowest BCUT2D eigenvalue weighted by atomic mass is 10.2. The van der Waals surface area contributed by atoms with E-state index in [-0.39, 0.29) is 0 Å². The van der Waals surface area contributed by atoms with E-state index in [1.54, 1.807) is 48.5 Å². The third-order valence-corrected chi connectivity index (χ3v) is 2.96. The number of carbonyl (C=O) groups excluding carboxylic acids is 1. The normalized spacial score (nSPS) is 10.3. The van der Waals surface area contributed by atoms with Crippen LogP contribution >= 0.6 is 11.6 Å². The minimum absolute atomic E-state index is 0.395. The SMILES string of the molecule is O=C(Oc1ccc(-n2cnnn2)cc1)c1cccc(Cl)c1. The average Bonchev–Trinajstić information content (AvgIpc) is 3.02. The number of halogens is 1. The fourth-order valence-corrected chi connectivity index (χ4v) is 1.92. The molecule has 7 heteroatoms. The van der Waals surface area contributed by atoms with Gasteiger partial charge in [0.15, 0.2) is 0 Å². The molecule has 3 rings (SSSR count). The van der Waals surface area contributed by atoms with E-state index in [2.05, 4.69) is 15.5 Å². The Labute approximate surface area is 124 Å². The fourth-order valence-electron chi connectivity index (χ4n) is 1.73. The number of tetrazole rings is 1. The van der Waals surface area contributed by atoms with Gasteiger partial charge in [0.2, 0.25) is 0 Å². The summed E-state index contributed by atoms with van der Waals surface area (Å²) < 4.78 is 6.77. The van der Waals surface area contributed by atoms with E-state index in [4.69, 9.17) is 16.3 Å². The molecule has 3 aromatic rings. The van der Waals surface area contributed by atoms with Gasteiger partial charge in [0.05, 0.1) is 11.3 Å². The molecule has 6 nitrogen and oxygen atoms in total. The van der Waals surface area contributed by atoms with Gasteiger partial charge in [-0.1, -0.05) is 17.7 Å². The summed E-state index contributed by atoms with van der Waals surface area (Å²) in [5.74, 6) is -0.0375. The van der Waals surface area contributed by atoms with Gasteiger partial charge in [0.1, 0.15) is 12.1 Å². The van der Waals surface area contributed by atoms with E-state index in [1.165, 1.54) is 11.0 Å². The lowest BCUT2D eigenvalue weighted by Crippen LogP contribution is -2.08. The molecule has 0 atom stereocenters. The molecular weight excluding hydrogens is 292 g/mol. The van der Waals surface area contributed by atoms with Crippen LogP contribution in [0.25, 0.3) is 5.69 Å². The Morgan fingerprint density at radius 3 is 2.62 bits per heavy atom. The number of rotatable bonds is 3. The Hall–Kier alpha value is -2.73. The van der Waals surface area contributed by atoms with Crippen LogP contribution in [0, 0.1) is 0 Å². The quantitative estimate of drug-likeness (QED) is 0.549. The molecule has 21 heavy (non-hydrogen) atoms. The number of aromatic nitrogens is 4. The van der Waals surface area contributed by atoms with Crippen molar-refractivity contribution in [3.05, 3.63) is 65.4 Å². The van der Waals surface area contributed by atoms with Gasteiger partial charge in [-0.3, -0.25) is 0 Å². The number of esters is 1. The van der Waals surface area contributed by atoms with Crippen LogP contribution in [0.5, 0.6) is 5.75 Å². The van der Waals surface area contributed by atoms with Gasteiger partial charge in [0.25, 0.3) is 0 Å². The van der Waals surface area contributed by atoms with Crippen molar-refractivity contribution < 1.29 is 9.53 Å². The highest BCUT2D eigenvalue weighted by atomic mass is 35.5. The largest absolute Gasteiger partial charge is 0.423 e. The molecule has 0 amide bonds. The van der Waals surface area contributed by atoms with Crippen LogP contribution in [-0.2, 0) is 0 Å². The minimum Gasteiger partial charge on any atom is -0.423 e. The zero-order chi connectivity index (χ0) is 14.7. The van der Waals surface area contributed by atoms with Crippen molar-refractivity contribution in [1.29, 1.82) is 0 Å². The average molecular weight is 301 g/mol. The molecule has 0 radical (unpaired) electrons. The smallest absolute Gasteiger partial charge is 0.343 e. The van der Waals surface area contributed by atoms with Crippen molar-refractivity contribution in [2.45, 2.75) is 0 Å². The number of carbonyl (C=O) groups is 1. The third kappa shape index (κ3) is 3.06. The Morgan fingerprint density at radius 1 is 1.14 bits per heavy atom. The molecule has 104 valence electrons. The molecule has 0 saturated carbocycles. The van der Waals surface area contributed by atoms with Gasteiger partial charge in [-0.2, -0.15) is 0 Å². The molecule has 0 aliphatic heterocycles. The maximum Gasteiger partial charge on any atom is 0.343 e. The Morgan fingerprint density at radius 2 is 1.95 bits per heavy atom. The first-order valence-corrected chi connectivity index (χ1v) is 6.41. The number of hydrogen-bond donors (Lipinski definition) is 0. The van der Waals surface area contributed by atoms with Crippen LogP contribution in [-0.4, -0.2) is 26.2 Å². The zero-order valence-corrected chi connectivity index (χ0v) is 11.4. The lowest BCUT2D eigenvalue weighted by molar-refractivity contribution is 0.0735. The molecule has 1 heterocycles. The molecule has 0 aliphatic rings. The summed E-state index contributed by atoms with van der Waals surface area (Å²) in [5, 5.41) is 11.4. The Balaban J connectivity index is 1.75. The van der Waals surface area contributed by atoms with Crippen molar-refractivity contribution in [2.75, 3.05) is 0 Å². The summed E-state index contributed by atoms with van der Waals surface area (Å²) in [6, 6.07) is 13.4. The van der Waals surface area contributed by atoms with Crippen molar-refractivity contribution >= 4 is 17.6 Å². The Kier molecular flexibility index (Phi) is 3.61. The molecule has 0 unspecified atom stereocenters. The summed E-state index contributed by atoms with van der Waals surface area (Å²) in [6.07, 6.45) is 1.48. The van der Waals surface area contributed by atoms with Crippen molar-refractivity contribution in [1.82, 2.24) is 20.2 Å². The Bertz CT molecular complexity index is 757. The monoisotopic (exact) mass is 300 g/mol.